The summed E-state index contributed by atoms with van der Waals surface area (Å²) in [6, 6.07) is 16.3. The molecule has 2 amide bonds. The standard InChI is InChI=1S/C24H22N2O3/c1-15-10-11-18(13-16(15)2)26-23(27)20-8-5-4-7-19(20)21(24(26)28)14-25-17(3)22-9-6-12-29-22/h4-14,17,21H,1-3H3/t17-,21-/m0/s1. The smallest absolute Gasteiger partial charge is 0.265 e. The molecule has 2 atom stereocenters. The molecule has 2 aromatic carbocycles. The molecule has 5 heteroatoms. The maximum Gasteiger partial charge on any atom is 0.265 e. The molecule has 0 unspecified atom stereocenters. The zero-order valence-electron chi connectivity index (χ0n) is 16.6. The summed E-state index contributed by atoms with van der Waals surface area (Å²) in [5.74, 6) is -0.521. The molecule has 0 bridgehead atoms. The number of furan rings is 1. The van der Waals surface area contributed by atoms with Gasteiger partial charge in [-0.05, 0) is 67.8 Å². The van der Waals surface area contributed by atoms with Crippen molar-refractivity contribution in [3.63, 3.8) is 0 Å². The number of benzene rings is 2. The Hall–Kier alpha value is -3.47. The minimum Gasteiger partial charge on any atom is -0.467 e. The van der Waals surface area contributed by atoms with Gasteiger partial charge in [-0.25, -0.2) is 4.90 Å². The maximum absolute atomic E-state index is 13.4. The molecule has 1 aliphatic rings. The van der Waals surface area contributed by atoms with Gasteiger partial charge in [-0.2, -0.15) is 0 Å². The Labute approximate surface area is 169 Å². The normalized spacial score (nSPS) is 17.6. The van der Waals surface area contributed by atoms with Gasteiger partial charge in [-0.15, -0.1) is 0 Å². The van der Waals surface area contributed by atoms with Gasteiger partial charge in [0.25, 0.3) is 5.91 Å². The van der Waals surface area contributed by atoms with Crippen LogP contribution in [0.5, 0.6) is 0 Å². The summed E-state index contributed by atoms with van der Waals surface area (Å²) >= 11 is 0. The number of amides is 2. The molecule has 2 heterocycles. The zero-order valence-corrected chi connectivity index (χ0v) is 16.6. The second-order valence-electron chi connectivity index (χ2n) is 7.30. The van der Waals surface area contributed by atoms with E-state index in [0.29, 0.717) is 16.8 Å². The van der Waals surface area contributed by atoms with E-state index in [4.69, 9.17) is 4.42 Å². The van der Waals surface area contributed by atoms with Crippen molar-refractivity contribution in [1.29, 1.82) is 0 Å². The first-order valence-electron chi connectivity index (χ1n) is 9.58. The van der Waals surface area contributed by atoms with Crippen LogP contribution in [-0.2, 0) is 4.79 Å². The first-order valence-corrected chi connectivity index (χ1v) is 9.58. The predicted molar refractivity (Wildman–Crippen MR) is 113 cm³/mol. The number of fused-ring (bicyclic) bond motifs is 1. The molecule has 146 valence electrons. The third-order valence-corrected chi connectivity index (χ3v) is 5.38. The summed E-state index contributed by atoms with van der Waals surface area (Å²) in [5, 5.41) is 0. The Balaban J connectivity index is 1.76. The number of hydrogen-bond donors (Lipinski definition) is 0. The molecule has 0 saturated heterocycles. The van der Waals surface area contributed by atoms with Crippen molar-refractivity contribution in [3.05, 3.63) is 88.9 Å². The number of rotatable bonds is 4. The minimum absolute atomic E-state index is 0.224. The third-order valence-electron chi connectivity index (χ3n) is 5.38. The molecular formula is C24H22N2O3. The number of nitrogens with zero attached hydrogens (tertiary/aromatic N) is 2. The highest BCUT2D eigenvalue weighted by Gasteiger charge is 2.38. The lowest BCUT2D eigenvalue weighted by Crippen LogP contribution is -2.45. The lowest BCUT2D eigenvalue weighted by molar-refractivity contribution is -0.118. The van der Waals surface area contributed by atoms with Crippen molar-refractivity contribution >= 4 is 23.7 Å². The zero-order chi connectivity index (χ0) is 20.5. The van der Waals surface area contributed by atoms with E-state index in [2.05, 4.69) is 4.99 Å². The molecule has 5 nitrogen and oxygen atoms in total. The van der Waals surface area contributed by atoms with E-state index < -0.39 is 5.92 Å². The van der Waals surface area contributed by atoms with Crippen LogP contribution in [0.3, 0.4) is 0 Å². The highest BCUT2D eigenvalue weighted by molar-refractivity contribution is 6.29. The largest absolute Gasteiger partial charge is 0.467 e. The van der Waals surface area contributed by atoms with E-state index in [0.717, 1.165) is 16.9 Å². The second-order valence-corrected chi connectivity index (χ2v) is 7.30. The average Bonchev–Trinajstić information content (AvgIpc) is 3.25. The first-order chi connectivity index (χ1) is 14.0. The molecule has 0 N–H and O–H groups in total. The van der Waals surface area contributed by atoms with E-state index in [1.165, 1.54) is 4.90 Å². The summed E-state index contributed by atoms with van der Waals surface area (Å²) in [5.41, 5.74) is 3.91. The molecule has 4 rings (SSSR count). The molecular weight excluding hydrogens is 364 g/mol. The van der Waals surface area contributed by atoms with Gasteiger partial charge >= 0.3 is 0 Å². The summed E-state index contributed by atoms with van der Waals surface area (Å²) in [6.07, 6.45) is 3.23. The number of hydrogen-bond acceptors (Lipinski definition) is 4. The van der Waals surface area contributed by atoms with Gasteiger partial charge in [0.1, 0.15) is 11.8 Å². The molecule has 0 saturated carbocycles. The third kappa shape index (κ3) is 3.40. The topological polar surface area (TPSA) is 62.9 Å². The van der Waals surface area contributed by atoms with E-state index in [1.54, 1.807) is 18.5 Å². The Morgan fingerprint density at radius 3 is 2.55 bits per heavy atom. The van der Waals surface area contributed by atoms with Crippen LogP contribution in [0.4, 0.5) is 5.69 Å². The minimum atomic E-state index is -0.636. The van der Waals surface area contributed by atoms with Crippen molar-refractivity contribution in [2.75, 3.05) is 4.90 Å². The van der Waals surface area contributed by atoms with Crippen LogP contribution in [-0.4, -0.2) is 18.0 Å². The molecule has 1 aromatic heterocycles. The Morgan fingerprint density at radius 2 is 1.83 bits per heavy atom. The van der Waals surface area contributed by atoms with E-state index in [9.17, 15) is 9.59 Å². The van der Waals surface area contributed by atoms with E-state index >= 15 is 0 Å². The molecule has 0 radical (unpaired) electrons. The lowest BCUT2D eigenvalue weighted by Gasteiger charge is -2.31. The highest BCUT2D eigenvalue weighted by atomic mass is 16.3. The Morgan fingerprint density at radius 1 is 1.03 bits per heavy atom. The van der Waals surface area contributed by atoms with Crippen LogP contribution in [0.15, 0.2) is 70.3 Å². The number of anilines is 1. The fourth-order valence-corrected chi connectivity index (χ4v) is 3.53. The van der Waals surface area contributed by atoms with Gasteiger partial charge in [0.15, 0.2) is 0 Å². The lowest BCUT2D eigenvalue weighted by atomic mass is 9.88. The number of aliphatic imine (C=N–C) groups is 1. The first kappa shape index (κ1) is 18.9. The Bertz CT molecular complexity index is 1100. The monoisotopic (exact) mass is 386 g/mol. The molecule has 29 heavy (non-hydrogen) atoms. The van der Waals surface area contributed by atoms with Gasteiger partial charge in [-0.1, -0.05) is 24.3 Å². The van der Waals surface area contributed by atoms with Crippen molar-refractivity contribution in [1.82, 2.24) is 0 Å². The average molecular weight is 386 g/mol. The van der Waals surface area contributed by atoms with E-state index in [1.807, 2.05) is 69.3 Å². The molecule has 1 aliphatic heterocycles. The fraction of sp³-hybridized carbons (Fsp3) is 0.208. The summed E-state index contributed by atoms with van der Waals surface area (Å²) in [6.45, 7) is 5.87. The quantitative estimate of drug-likeness (QED) is 0.468. The maximum atomic E-state index is 13.4. The summed E-state index contributed by atoms with van der Waals surface area (Å²) < 4.78 is 5.40. The van der Waals surface area contributed by atoms with Crippen LogP contribution in [0.25, 0.3) is 0 Å². The highest BCUT2D eigenvalue weighted by Crippen LogP contribution is 2.33. The van der Waals surface area contributed by atoms with Gasteiger partial charge < -0.3 is 4.42 Å². The number of carbonyl (C=O) groups is 2. The summed E-state index contributed by atoms with van der Waals surface area (Å²) in [4.78, 5) is 32.3. The number of imide groups is 1. The van der Waals surface area contributed by atoms with Crippen LogP contribution >= 0.6 is 0 Å². The predicted octanol–water partition coefficient (Wildman–Crippen LogP) is 5.00. The van der Waals surface area contributed by atoms with Crippen molar-refractivity contribution in [3.8, 4) is 0 Å². The molecule has 0 spiro atoms. The van der Waals surface area contributed by atoms with Crippen LogP contribution in [0.2, 0.25) is 0 Å². The second kappa shape index (κ2) is 7.51. The van der Waals surface area contributed by atoms with Gasteiger partial charge in [0, 0.05) is 11.8 Å². The van der Waals surface area contributed by atoms with E-state index in [-0.39, 0.29) is 17.9 Å². The fourth-order valence-electron chi connectivity index (χ4n) is 3.53. The van der Waals surface area contributed by atoms with Gasteiger partial charge in [-0.3, -0.25) is 14.6 Å². The van der Waals surface area contributed by atoms with Crippen LogP contribution < -0.4 is 4.90 Å². The van der Waals surface area contributed by atoms with Gasteiger partial charge in [0.05, 0.1) is 17.9 Å². The van der Waals surface area contributed by atoms with Crippen molar-refractivity contribution in [2.24, 2.45) is 4.99 Å². The van der Waals surface area contributed by atoms with Crippen LogP contribution in [0.1, 0.15) is 51.7 Å². The number of carbonyl (C=O) groups excluding carboxylic acids is 2. The van der Waals surface area contributed by atoms with Crippen molar-refractivity contribution < 1.29 is 14.0 Å². The molecule has 3 aromatic rings. The summed E-state index contributed by atoms with van der Waals surface area (Å²) in [7, 11) is 0. The van der Waals surface area contributed by atoms with Crippen LogP contribution in [0, 0.1) is 13.8 Å². The number of aryl methyl sites for hydroxylation is 2. The van der Waals surface area contributed by atoms with Gasteiger partial charge in [0.2, 0.25) is 5.91 Å². The van der Waals surface area contributed by atoms with Crippen molar-refractivity contribution in [2.45, 2.75) is 32.7 Å². The Kier molecular flexibility index (Phi) is 4.89. The SMILES string of the molecule is Cc1ccc(N2C(=O)c3ccccc3[C@H](C=N[C@@H](C)c3ccco3)C2=O)cc1C. The molecule has 0 fully saturated rings. The molecule has 0 aliphatic carbocycles.